The number of ether oxygens (including phenoxy) is 2. The summed E-state index contributed by atoms with van der Waals surface area (Å²) in [5, 5.41) is 0. The minimum absolute atomic E-state index is 0.0513. The number of nitrogens with zero attached hydrogens (tertiary/aromatic N) is 4. The monoisotopic (exact) mass is 382 g/mol. The van der Waals surface area contributed by atoms with E-state index in [0.29, 0.717) is 18.7 Å². The lowest BCUT2D eigenvalue weighted by molar-refractivity contribution is 0.0746. The summed E-state index contributed by atoms with van der Waals surface area (Å²) >= 11 is 0. The third kappa shape index (κ3) is 4.04. The second-order valence-electron chi connectivity index (χ2n) is 6.98. The van der Waals surface area contributed by atoms with Gasteiger partial charge in [-0.2, -0.15) is 0 Å². The van der Waals surface area contributed by atoms with E-state index in [9.17, 15) is 4.79 Å². The predicted octanol–water partition coefficient (Wildman–Crippen LogP) is 1.89. The molecule has 0 atom stereocenters. The molecule has 2 saturated heterocycles. The van der Waals surface area contributed by atoms with Gasteiger partial charge in [-0.25, -0.2) is 4.98 Å². The van der Waals surface area contributed by atoms with Crippen LogP contribution in [0.4, 0.5) is 11.5 Å². The molecule has 0 bridgehead atoms. The van der Waals surface area contributed by atoms with E-state index in [2.05, 4.69) is 26.9 Å². The van der Waals surface area contributed by atoms with Crippen molar-refractivity contribution in [2.24, 2.45) is 0 Å². The number of morpholine rings is 1. The molecule has 4 rings (SSSR count). The molecule has 0 saturated carbocycles. The van der Waals surface area contributed by atoms with E-state index in [4.69, 9.17) is 9.47 Å². The highest BCUT2D eigenvalue weighted by molar-refractivity contribution is 5.94. The highest BCUT2D eigenvalue weighted by atomic mass is 16.5. The maximum absolute atomic E-state index is 12.8. The zero-order chi connectivity index (χ0) is 19.3. The van der Waals surface area contributed by atoms with Gasteiger partial charge in [-0.05, 0) is 36.4 Å². The SMILES string of the molecule is COc1ccc(N2CCN(C(=O)c3ccc(N4CCOCC4)nc3)CC2)cc1. The third-order valence-corrected chi connectivity index (χ3v) is 5.33. The molecule has 7 nitrogen and oxygen atoms in total. The highest BCUT2D eigenvalue weighted by Crippen LogP contribution is 2.21. The number of piperazine rings is 1. The molecule has 2 aliphatic rings. The maximum Gasteiger partial charge on any atom is 0.255 e. The second kappa shape index (κ2) is 8.48. The van der Waals surface area contributed by atoms with Gasteiger partial charge in [0, 0.05) is 51.2 Å². The third-order valence-electron chi connectivity index (χ3n) is 5.33. The van der Waals surface area contributed by atoms with Crippen LogP contribution < -0.4 is 14.5 Å². The highest BCUT2D eigenvalue weighted by Gasteiger charge is 2.23. The Balaban J connectivity index is 1.34. The van der Waals surface area contributed by atoms with Crippen molar-refractivity contribution in [2.75, 3.05) is 69.4 Å². The molecule has 28 heavy (non-hydrogen) atoms. The van der Waals surface area contributed by atoms with Crippen molar-refractivity contribution >= 4 is 17.4 Å². The lowest BCUT2D eigenvalue weighted by Gasteiger charge is -2.36. The number of pyridine rings is 1. The Hall–Kier alpha value is -2.80. The standard InChI is InChI=1S/C21H26N4O3/c1-27-19-5-3-18(4-6-19)23-8-10-25(11-9-23)21(26)17-2-7-20(22-16-17)24-12-14-28-15-13-24/h2-7,16H,8-15H2,1H3. The van der Waals surface area contributed by atoms with E-state index in [1.165, 1.54) is 0 Å². The van der Waals surface area contributed by atoms with Gasteiger partial charge in [-0.15, -0.1) is 0 Å². The molecule has 1 amide bonds. The Labute approximate surface area is 165 Å². The Morgan fingerprint density at radius 2 is 1.64 bits per heavy atom. The number of aromatic nitrogens is 1. The zero-order valence-electron chi connectivity index (χ0n) is 16.2. The van der Waals surface area contributed by atoms with Gasteiger partial charge < -0.3 is 24.2 Å². The van der Waals surface area contributed by atoms with Crippen molar-refractivity contribution in [3.63, 3.8) is 0 Å². The van der Waals surface area contributed by atoms with Gasteiger partial charge >= 0.3 is 0 Å². The van der Waals surface area contributed by atoms with Crippen LogP contribution in [-0.4, -0.2) is 75.4 Å². The van der Waals surface area contributed by atoms with E-state index in [1.807, 2.05) is 29.2 Å². The number of amides is 1. The van der Waals surface area contributed by atoms with Crippen LogP contribution in [0.3, 0.4) is 0 Å². The summed E-state index contributed by atoms with van der Waals surface area (Å²) in [6.45, 7) is 6.17. The van der Waals surface area contributed by atoms with Crippen LogP contribution in [0, 0.1) is 0 Å². The second-order valence-corrected chi connectivity index (χ2v) is 6.98. The van der Waals surface area contributed by atoms with Crippen molar-refractivity contribution in [1.82, 2.24) is 9.88 Å². The molecule has 0 N–H and O–H groups in total. The molecule has 2 fully saturated rings. The quantitative estimate of drug-likeness (QED) is 0.805. The van der Waals surface area contributed by atoms with Gasteiger partial charge in [0.15, 0.2) is 0 Å². The van der Waals surface area contributed by atoms with E-state index in [0.717, 1.165) is 56.6 Å². The lowest BCUT2D eigenvalue weighted by atomic mass is 10.2. The summed E-state index contributed by atoms with van der Waals surface area (Å²) in [5.41, 5.74) is 1.80. The fraction of sp³-hybridized carbons (Fsp3) is 0.429. The zero-order valence-corrected chi connectivity index (χ0v) is 16.2. The van der Waals surface area contributed by atoms with Crippen molar-refractivity contribution in [1.29, 1.82) is 0 Å². The van der Waals surface area contributed by atoms with E-state index < -0.39 is 0 Å². The smallest absolute Gasteiger partial charge is 0.255 e. The molecule has 2 aromatic rings. The van der Waals surface area contributed by atoms with Gasteiger partial charge in [0.1, 0.15) is 11.6 Å². The van der Waals surface area contributed by atoms with Gasteiger partial charge in [0.25, 0.3) is 5.91 Å². The van der Waals surface area contributed by atoms with Crippen LogP contribution in [-0.2, 0) is 4.74 Å². The first kappa shape index (κ1) is 18.6. The van der Waals surface area contributed by atoms with Gasteiger partial charge in [0.2, 0.25) is 0 Å². The van der Waals surface area contributed by atoms with Crippen molar-refractivity contribution in [3.8, 4) is 5.75 Å². The Bertz CT molecular complexity index is 780. The minimum Gasteiger partial charge on any atom is -0.497 e. The van der Waals surface area contributed by atoms with Crippen molar-refractivity contribution in [2.45, 2.75) is 0 Å². The fourth-order valence-electron chi connectivity index (χ4n) is 3.64. The summed E-state index contributed by atoms with van der Waals surface area (Å²) in [6, 6.07) is 11.9. The largest absolute Gasteiger partial charge is 0.497 e. The average molecular weight is 382 g/mol. The van der Waals surface area contributed by atoms with Crippen molar-refractivity contribution < 1.29 is 14.3 Å². The van der Waals surface area contributed by atoms with Crippen LogP contribution in [0.15, 0.2) is 42.6 Å². The Morgan fingerprint density at radius 1 is 0.929 bits per heavy atom. The van der Waals surface area contributed by atoms with Crippen LogP contribution in [0.1, 0.15) is 10.4 Å². The Morgan fingerprint density at radius 3 is 2.25 bits per heavy atom. The first-order chi connectivity index (χ1) is 13.7. The topological polar surface area (TPSA) is 58.1 Å². The number of benzene rings is 1. The van der Waals surface area contributed by atoms with Crippen molar-refractivity contribution in [3.05, 3.63) is 48.2 Å². The van der Waals surface area contributed by atoms with Gasteiger partial charge in [-0.1, -0.05) is 0 Å². The summed E-state index contributed by atoms with van der Waals surface area (Å²) in [5.74, 6) is 1.81. The van der Waals surface area contributed by atoms with Gasteiger partial charge in [-0.3, -0.25) is 4.79 Å². The van der Waals surface area contributed by atoms with Crippen LogP contribution in [0.5, 0.6) is 5.75 Å². The number of hydrogen-bond donors (Lipinski definition) is 0. The predicted molar refractivity (Wildman–Crippen MR) is 108 cm³/mol. The number of anilines is 2. The van der Waals surface area contributed by atoms with E-state index >= 15 is 0 Å². The van der Waals surface area contributed by atoms with Gasteiger partial charge in [0.05, 0.1) is 25.9 Å². The molecule has 7 heteroatoms. The Kier molecular flexibility index (Phi) is 5.62. The molecular formula is C21H26N4O3. The summed E-state index contributed by atoms with van der Waals surface area (Å²) in [4.78, 5) is 23.7. The van der Waals surface area contributed by atoms with Crippen LogP contribution in [0.25, 0.3) is 0 Å². The molecule has 0 radical (unpaired) electrons. The first-order valence-electron chi connectivity index (χ1n) is 9.71. The molecule has 3 heterocycles. The minimum atomic E-state index is 0.0513. The molecule has 0 unspecified atom stereocenters. The molecular weight excluding hydrogens is 356 g/mol. The molecule has 0 spiro atoms. The number of carbonyl (C=O) groups is 1. The number of methoxy groups -OCH3 is 1. The molecule has 0 aliphatic carbocycles. The molecule has 2 aliphatic heterocycles. The fourth-order valence-corrected chi connectivity index (χ4v) is 3.64. The summed E-state index contributed by atoms with van der Waals surface area (Å²) < 4.78 is 10.6. The molecule has 1 aromatic carbocycles. The van der Waals surface area contributed by atoms with E-state index in [1.54, 1.807) is 13.3 Å². The first-order valence-corrected chi connectivity index (χ1v) is 9.71. The lowest BCUT2D eigenvalue weighted by Crippen LogP contribution is -2.48. The number of carbonyl (C=O) groups excluding carboxylic acids is 1. The summed E-state index contributed by atoms with van der Waals surface area (Å²) in [6.07, 6.45) is 1.70. The maximum atomic E-state index is 12.8. The molecule has 1 aromatic heterocycles. The number of rotatable bonds is 4. The van der Waals surface area contributed by atoms with E-state index in [-0.39, 0.29) is 5.91 Å². The average Bonchev–Trinajstić information content (AvgIpc) is 2.79. The molecule has 148 valence electrons. The van der Waals surface area contributed by atoms with Crippen LogP contribution in [0.2, 0.25) is 0 Å². The summed E-state index contributed by atoms with van der Waals surface area (Å²) in [7, 11) is 1.67. The normalized spacial score (nSPS) is 17.5. The number of hydrogen-bond acceptors (Lipinski definition) is 6. The van der Waals surface area contributed by atoms with Crippen LogP contribution >= 0.6 is 0 Å².